The summed E-state index contributed by atoms with van der Waals surface area (Å²) < 4.78 is 0. The summed E-state index contributed by atoms with van der Waals surface area (Å²) >= 11 is 0. The van der Waals surface area contributed by atoms with Crippen LogP contribution in [0.2, 0.25) is 0 Å². The standard InChI is InChI=1S/C16H10.C8H11NO4/c1-3-11-7-9-13-5-2-6-14-10-8-12(4-1)15(11)16(13)14;1-2-3-8(12)13-9-6(10)4-5-7(9)11/h1-10H;2-5H2,1H3. The molecule has 5 heteroatoms. The maximum absolute atomic E-state index is 11.0. The van der Waals surface area contributed by atoms with E-state index in [0.29, 0.717) is 11.5 Å². The van der Waals surface area contributed by atoms with Gasteiger partial charge in [-0.15, -0.1) is 5.06 Å². The molecular weight excluding hydrogens is 366 g/mol. The third-order valence-electron chi connectivity index (χ3n) is 5.05. The van der Waals surface area contributed by atoms with Crippen LogP contribution in [-0.2, 0) is 19.2 Å². The van der Waals surface area contributed by atoms with Crippen molar-refractivity contribution in [2.75, 3.05) is 0 Å². The summed E-state index contributed by atoms with van der Waals surface area (Å²) in [5, 5.41) is 8.71. The highest BCUT2D eigenvalue weighted by Gasteiger charge is 2.32. The summed E-state index contributed by atoms with van der Waals surface area (Å²) in [7, 11) is 0. The Morgan fingerprint density at radius 2 is 1.21 bits per heavy atom. The number of hydrogen-bond donors (Lipinski definition) is 0. The number of benzene rings is 4. The third-order valence-corrected chi connectivity index (χ3v) is 5.05. The minimum atomic E-state index is -0.536. The van der Waals surface area contributed by atoms with E-state index < -0.39 is 17.8 Å². The molecule has 0 aromatic heterocycles. The van der Waals surface area contributed by atoms with Crippen LogP contribution in [0, 0.1) is 0 Å². The minimum absolute atomic E-state index is 0.137. The van der Waals surface area contributed by atoms with E-state index in [1.54, 1.807) is 0 Å². The third kappa shape index (κ3) is 3.63. The molecule has 146 valence electrons. The number of nitrogens with zero attached hydrogens (tertiary/aromatic N) is 1. The molecule has 1 aliphatic rings. The van der Waals surface area contributed by atoms with Gasteiger partial charge in [0.2, 0.25) is 0 Å². The predicted octanol–water partition coefficient (Wildman–Crippen LogP) is 4.98. The van der Waals surface area contributed by atoms with E-state index >= 15 is 0 Å². The lowest BCUT2D eigenvalue weighted by Gasteiger charge is -2.11. The van der Waals surface area contributed by atoms with Crippen LogP contribution in [0.5, 0.6) is 0 Å². The first-order chi connectivity index (χ1) is 14.1. The molecule has 1 saturated heterocycles. The molecule has 29 heavy (non-hydrogen) atoms. The molecule has 2 amide bonds. The number of amides is 2. The normalized spacial score (nSPS) is 13.9. The molecular formula is C24H21NO4. The SMILES string of the molecule is CCCC(=O)ON1C(=O)CCC1=O.c1cc2ccc3cccc4ccc(c1)c2c34. The van der Waals surface area contributed by atoms with E-state index in [9.17, 15) is 14.4 Å². The van der Waals surface area contributed by atoms with Crippen molar-refractivity contribution in [2.24, 2.45) is 0 Å². The number of carbonyl (C=O) groups is 3. The zero-order valence-electron chi connectivity index (χ0n) is 16.2. The number of imide groups is 1. The van der Waals surface area contributed by atoms with Crippen LogP contribution < -0.4 is 0 Å². The van der Waals surface area contributed by atoms with Crippen LogP contribution in [0.3, 0.4) is 0 Å². The van der Waals surface area contributed by atoms with Gasteiger partial charge in [-0.25, -0.2) is 4.79 Å². The van der Waals surface area contributed by atoms with Gasteiger partial charge in [0.15, 0.2) is 0 Å². The molecule has 1 heterocycles. The molecule has 0 unspecified atom stereocenters. The largest absolute Gasteiger partial charge is 0.333 e. The van der Waals surface area contributed by atoms with Gasteiger partial charge in [0, 0.05) is 19.3 Å². The Hall–Kier alpha value is -3.47. The monoisotopic (exact) mass is 387 g/mol. The number of rotatable bonds is 3. The van der Waals surface area contributed by atoms with Gasteiger partial charge >= 0.3 is 5.97 Å². The zero-order chi connectivity index (χ0) is 20.4. The highest BCUT2D eigenvalue weighted by Crippen LogP contribution is 2.33. The molecule has 0 N–H and O–H groups in total. The molecule has 1 aliphatic heterocycles. The topological polar surface area (TPSA) is 63.7 Å². The zero-order valence-corrected chi connectivity index (χ0v) is 16.2. The second-order valence-corrected chi connectivity index (χ2v) is 7.08. The smallest absolute Gasteiger partial charge is 0.330 e. The van der Waals surface area contributed by atoms with Gasteiger partial charge in [-0.05, 0) is 38.7 Å². The molecule has 0 atom stereocenters. The fourth-order valence-electron chi connectivity index (χ4n) is 3.68. The van der Waals surface area contributed by atoms with E-state index in [1.807, 2.05) is 6.92 Å². The van der Waals surface area contributed by atoms with Gasteiger partial charge in [0.1, 0.15) is 0 Å². The second-order valence-electron chi connectivity index (χ2n) is 7.08. The lowest BCUT2D eigenvalue weighted by molar-refractivity contribution is -0.197. The minimum Gasteiger partial charge on any atom is -0.330 e. The van der Waals surface area contributed by atoms with Gasteiger partial charge < -0.3 is 4.84 Å². The molecule has 0 bridgehead atoms. The summed E-state index contributed by atoms with van der Waals surface area (Å²) in [6, 6.07) is 21.9. The van der Waals surface area contributed by atoms with Crippen molar-refractivity contribution < 1.29 is 19.2 Å². The molecule has 4 aromatic carbocycles. The summed E-state index contributed by atoms with van der Waals surface area (Å²) in [5.74, 6) is -1.41. The molecule has 0 saturated carbocycles. The highest BCUT2D eigenvalue weighted by atomic mass is 16.7. The quantitative estimate of drug-likeness (QED) is 0.367. The fraction of sp³-hybridized carbons (Fsp3) is 0.208. The summed E-state index contributed by atoms with van der Waals surface area (Å²) in [6.45, 7) is 1.81. The van der Waals surface area contributed by atoms with Crippen LogP contribution in [-0.4, -0.2) is 22.8 Å². The van der Waals surface area contributed by atoms with E-state index in [1.165, 1.54) is 32.3 Å². The van der Waals surface area contributed by atoms with E-state index in [-0.39, 0.29) is 19.3 Å². The van der Waals surface area contributed by atoms with E-state index in [4.69, 9.17) is 0 Å². The van der Waals surface area contributed by atoms with Crippen molar-refractivity contribution in [1.29, 1.82) is 0 Å². The van der Waals surface area contributed by atoms with Crippen LogP contribution in [0.1, 0.15) is 32.6 Å². The van der Waals surface area contributed by atoms with Gasteiger partial charge in [-0.3, -0.25) is 9.59 Å². The molecule has 4 aromatic rings. The lowest BCUT2D eigenvalue weighted by Crippen LogP contribution is -2.31. The van der Waals surface area contributed by atoms with Gasteiger partial charge in [-0.1, -0.05) is 67.6 Å². The first kappa shape index (κ1) is 18.9. The maximum Gasteiger partial charge on any atom is 0.333 e. The average molecular weight is 387 g/mol. The Morgan fingerprint density at radius 1 is 0.793 bits per heavy atom. The lowest BCUT2D eigenvalue weighted by atomic mass is 9.95. The fourth-order valence-corrected chi connectivity index (χ4v) is 3.68. The number of carbonyl (C=O) groups excluding carboxylic acids is 3. The molecule has 1 fully saturated rings. The van der Waals surface area contributed by atoms with Crippen LogP contribution in [0.4, 0.5) is 0 Å². The molecule has 0 aliphatic carbocycles. The Morgan fingerprint density at radius 3 is 1.59 bits per heavy atom. The maximum atomic E-state index is 11.0. The second kappa shape index (κ2) is 7.87. The summed E-state index contributed by atoms with van der Waals surface area (Å²) in [5.41, 5.74) is 0. The molecule has 0 radical (unpaired) electrons. The van der Waals surface area contributed by atoms with Crippen molar-refractivity contribution >= 4 is 50.1 Å². The van der Waals surface area contributed by atoms with E-state index in [0.717, 1.165) is 0 Å². The first-order valence-corrected chi connectivity index (χ1v) is 9.77. The average Bonchev–Trinajstić information content (AvgIpc) is 3.05. The Balaban J connectivity index is 0.000000146. The number of hydroxylamine groups is 2. The van der Waals surface area contributed by atoms with E-state index in [2.05, 4.69) is 65.5 Å². The van der Waals surface area contributed by atoms with Crippen LogP contribution in [0.25, 0.3) is 32.3 Å². The Bertz CT molecular complexity index is 1070. The molecule has 5 rings (SSSR count). The molecule has 0 spiro atoms. The highest BCUT2D eigenvalue weighted by molar-refractivity contribution is 6.22. The van der Waals surface area contributed by atoms with Crippen molar-refractivity contribution in [2.45, 2.75) is 32.6 Å². The van der Waals surface area contributed by atoms with Gasteiger partial charge in [0.05, 0.1) is 0 Å². The first-order valence-electron chi connectivity index (χ1n) is 9.77. The van der Waals surface area contributed by atoms with Crippen molar-refractivity contribution in [3.05, 3.63) is 60.7 Å². The number of hydrogen-bond acceptors (Lipinski definition) is 4. The van der Waals surface area contributed by atoms with Crippen LogP contribution >= 0.6 is 0 Å². The predicted molar refractivity (Wildman–Crippen MR) is 112 cm³/mol. The Kier molecular flexibility index (Phi) is 5.12. The van der Waals surface area contributed by atoms with Crippen molar-refractivity contribution in [3.8, 4) is 0 Å². The van der Waals surface area contributed by atoms with Gasteiger partial charge in [-0.2, -0.15) is 0 Å². The van der Waals surface area contributed by atoms with Crippen LogP contribution in [0.15, 0.2) is 60.7 Å². The Labute approximate surface area is 168 Å². The van der Waals surface area contributed by atoms with Gasteiger partial charge in [0.25, 0.3) is 11.8 Å². The van der Waals surface area contributed by atoms with Crippen molar-refractivity contribution in [3.63, 3.8) is 0 Å². The summed E-state index contributed by atoms with van der Waals surface area (Å²) in [6.07, 6.45) is 1.13. The van der Waals surface area contributed by atoms with Crippen molar-refractivity contribution in [1.82, 2.24) is 5.06 Å². The molecule has 5 nitrogen and oxygen atoms in total. The summed E-state index contributed by atoms with van der Waals surface area (Å²) in [4.78, 5) is 37.4.